The first kappa shape index (κ1) is 22.4. The molecule has 0 N–H and O–H groups in total. The van der Waals surface area contributed by atoms with Gasteiger partial charge < -0.3 is 0 Å². The van der Waals surface area contributed by atoms with Crippen LogP contribution in [0.5, 0.6) is 0 Å². The first-order valence-electron chi connectivity index (χ1n) is 13.9. The average molecular weight is 409 g/mol. The van der Waals surface area contributed by atoms with Gasteiger partial charge in [-0.15, -0.1) is 0 Å². The van der Waals surface area contributed by atoms with E-state index < -0.39 is 0 Å². The predicted molar refractivity (Wildman–Crippen MR) is 131 cm³/mol. The second kappa shape index (κ2) is 11.2. The largest absolute Gasteiger partial charge is 0.0654 e. The van der Waals surface area contributed by atoms with Gasteiger partial charge in [-0.3, -0.25) is 0 Å². The van der Waals surface area contributed by atoms with Gasteiger partial charge in [0.1, 0.15) is 0 Å². The van der Waals surface area contributed by atoms with Crippen LogP contribution in [-0.4, -0.2) is 0 Å². The lowest BCUT2D eigenvalue weighted by molar-refractivity contribution is 0.0710. The Bertz CT molecular complexity index is 605. The van der Waals surface area contributed by atoms with Gasteiger partial charge in [-0.1, -0.05) is 83.1 Å². The Kier molecular flexibility index (Phi) is 8.36. The van der Waals surface area contributed by atoms with Crippen LogP contribution in [-0.2, 0) is 6.42 Å². The summed E-state index contributed by atoms with van der Waals surface area (Å²) in [6, 6.07) is 9.63. The lowest BCUT2D eigenvalue weighted by atomic mass is 9.60. The Labute approximate surface area is 187 Å². The highest BCUT2D eigenvalue weighted by Gasteiger charge is 2.38. The number of unbranched alkanes of at least 4 members (excludes halogenated alkanes) is 3. The zero-order chi connectivity index (χ0) is 20.8. The lowest BCUT2D eigenvalue weighted by Crippen LogP contribution is -2.34. The van der Waals surface area contributed by atoms with Gasteiger partial charge in [-0.2, -0.15) is 0 Å². The van der Waals surface area contributed by atoms with Crippen LogP contribution in [0.4, 0.5) is 0 Å². The molecule has 4 unspecified atom stereocenters. The minimum Gasteiger partial charge on any atom is -0.0654 e. The Morgan fingerprint density at radius 1 is 0.633 bits per heavy atom. The third-order valence-corrected chi connectivity index (χ3v) is 9.54. The molecule has 0 bridgehead atoms. The van der Waals surface area contributed by atoms with E-state index in [1.54, 1.807) is 44.1 Å². The standard InChI is InChI=1S/C30H48/c1-3-5-6-7-8-24-11-15-26(16-12-24)28-18-20-29-21-27(17-19-30(29)22-28)25-13-9-23(4-2)10-14-25/h9-10,13-14,24,26-30H,3-8,11-12,15-22H2,1-2H3. The zero-order valence-corrected chi connectivity index (χ0v) is 20.1. The number of benzene rings is 1. The SMILES string of the molecule is CCCCCCC1CCC(C2CCC3CC(c4ccc(CC)cc4)CCC3C2)CC1. The molecule has 3 aliphatic carbocycles. The smallest absolute Gasteiger partial charge is 0.0159 e. The molecule has 3 fully saturated rings. The van der Waals surface area contributed by atoms with Crippen LogP contribution in [0.2, 0.25) is 0 Å². The maximum Gasteiger partial charge on any atom is -0.0159 e. The molecule has 4 rings (SSSR count). The molecule has 0 aromatic heterocycles. The van der Waals surface area contributed by atoms with Gasteiger partial charge in [0.05, 0.1) is 0 Å². The summed E-state index contributed by atoms with van der Waals surface area (Å²) in [5.41, 5.74) is 3.12. The summed E-state index contributed by atoms with van der Waals surface area (Å²) < 4.78 is 0. The molecular weight excluding hydrogens is 360 g/mol. The van der Waals surface area contributed by atoms with Gasteiger partial charge >= 0.3 is 0 Å². The number of fused-ring (bicyclic) bond motifs is 1. The van der Waals surface area contributed by atoms with Crippen molar-refractivity contribution >= 4 is 0 Å². The molecule has 168 valence electrons. The number of aryl methyl sites for hydroxylation is 1. The molecule has 4 atom stereocenters. The van der Waals surface area contributed by atoms with E-state index in [0.29, 0.717) is 0 Å². The van der Waals surface area contributed by atoms with E-state index in [2.05, 4.69) is 38.1 Å². The topological polar surface area (TPSA) is 0 Å². The predicted octanol–water partition coefficient (Wildman–Crippen LogP) is 9.33. The normalized spacial score (nSPS) is 34.5. The number of hydrogen-bond donors (Lipinski definition) is 0. The van der Waals surface area contributed by atoms with E-state index >= 15 is 0 Å². The van der Waals surface area contributed by atoms with Crippen LogP contribution in [0.15, 0.2) is 24.3 Å². The monoisotopic (exact) mass is 408 g/mol. The molecule has 0 amide bonds. The molecule has 30 heavy (non-hydrogen) atoms. The lowest BCUT2D eigenvalue weighted by Gasteiger charge is -2.45. The van der Waals surface area contributed by atoms with E-state index in [4.69, 9.17) is 0 Å². The molecule has 0 radical (unpaired) electrons. The minimum atomic E-state index is 0.844. The highest BCUT2D eigenvalue weighted by Crippen LogP contribution is 2.51. The van der Waals surface area contributed by atoms with Crippen LogP contribution in [0.1, 0.15) is 127 Å². The molecule has 0 heterocycles. The van der Waals surface area contributed by atoms with E-state index in [0.717, 1.165) is 41.9 Å². The summed E-state index contributed by atoms with van der Waals surface area (Å²) in [7, 11) is 0. The number of rotatable bonds is 8. The highest BCUT2D eigenvalue weighted by atomic mass is 14.4. The summed E-state index contributed by atoms with van der Waals surface area (Å²) in [6.45, 7) is 4.59. The van der Waals surface area contributed by atoms with E-state index in [1.807, 2.05) is 0 Å². The van der Waals surface area contributed by atoms with E-state index in [-0.39, 0.29) is 0 Å². The fraction of sp³-hybridized carbons (Fsp3) is 0.800. The van der Waals surface area contributed by atoms with Crippen molar-refractivity contribution in [2.75, 3.05) is 0 Å². The van der Waals surface area contributed by atoms with Crippen molar-refractivity contribution in [2.45, 2.75) is 122 Å². The second-order valence-electron chi connectivity index (χ2n) is 11.3. The van der Waals surface area contributed by atoms with E-state index in [1.165, 1.54) is 63.4 Å². The molecule has 0 spiro atoms. The Morgan fingerprint density at radius 3 is 1.97 bits per heavy atom. The first-order chi connectivity index (χ1) is 14.8. The maximum atomic E-state index is 2.44. The average Bonchev–Trinajstić information content (AvgIpc) is 2.81. The molecule has 3 aliphatic rings. The Morgan fingerprint density at radius 2 is 1.27 bits per heavy atom. The maximum absolute atomic E-state index is 2.44. The van der Waals surface area contributed by atoms with E-state index in [9.17, 15) is 0 Å². The second-order valence-corrected chi connectivity index (χ2v) is 11.3. The van der Waals surface area contributed by atoms with Crippen molar-refractivity contribution in [3.05, 3.63) is 35.4 Å². The number of hydrogen-bond acceptors (Lipinski definition) is 0. The third-order valence-electron chi connectivity index (χ3n) is 9.54. The van der Waals surface area contributed by atoms with Crippen LogP contribution in [0, 0.1) is 29.6 Å². The van der Waals surface area contributed by atoms with Gasteiger partial charge in [0.15, 0.2) is 0 Å². The van der Waals surface area contributed by atoms with Gasteiger partial charge in [-0.05, 0) is 104 Å². The zero-order valence-electron chi connectivity index (χ0n) is 20.1. The molecule has 0 aliphatic heterocycles. The van der Waals surface area contributed by atoms with Crippen molar-refractivity contribution < 1.29 is 0 Å². The minimum absolute atomic E-state index is 0.844. The summed E-state index contributed by atoms with van der Waals surface area (Å²) in [5, 5.41) is 0. The summed E-state index contributed by atoms with van der Waals surface area (Å²) in [4.78, 5) is 0. The molecular formula is C30H48. The van der Waals surface area contributed by atoms with Crippen LogP contribution >= 0.6 is 0 Å². The van der Waals surface area contributed by atoms with Crippen molar-refractivity contribution in [2.24, 2.45) is 29.6 Å². The van der Waals surface area contributed by atoms with Crippen LogP contribution in [0.3, 0.4) is 0 Å². The quantitative estimate of drug-likeness (QED) is 0.376. The Hall–Kier alpha value is -0.780. The van der Waals surface area contributed by atoms with Crippen molar-refractivity contribution in [3.63, 3.8) is 0 Å². The highest BCUT2D eigenvalue weighted by molar-refractivity contribution is 5.26. The molecule has 1 aromatic rings. The van der Waals surface area contributed by atoms with Crippen molar-refractivity contribution in [3.8, 4) is 0 Å². The van der Waals surface area contributed by atoms with Crippen LogP contribution < -0.4 is 0 Å². The molecule has 0 nitrogen and oxygen atoms in total. The Balaban J connectivity index is 1.21. The fourth-order valence-electron chi connectivity index (χ4n) is 7.49. The van der Waals surface area contributed by atoms with Gasteiger partial charge in [0, 0.05) is 0 Å². The van der Waals surface area contributed by atoms with Gasteiger partial charge in [0.2, 0.25) is 0 Å². The molecule has 0 heteroatoms. The molecule has 0 saturated heterocycles. The first-order valence-corrected chi connectivity index (χ1v) is 13.9. The third kappa shape index (κ3) is 5.72. The van der Waals surface area contributed by atoms with Gasteiger partial charge in [0.25, 0.3) is 0 Å². The van der Waals surface area contributed by atoms with Crippen molar-refractivity contribution in [1.82, 2.24) is 0 Å². The molecule has 1 aromatic carbocycles. The molecule has 3 saturated carbocycles. The van der Waals surface area contributed by atoms with Crippen LogP contribution in [0.25, 0.3) is 0 Å². The van der Waals surface area contributed by atoms with Gasteiger partial charge in [-0.25, -0.2) is 0 Å². The fourth-order valence-corrected chi connectivity index (χ4v) is 7.49. The summed E-state index contributed by atoms with van der Waals surface area (Å²) in [5.74, 6) is 6.16. The summed E-state index contributed by atoms with van der Waals surface area (Å²) in [6.07, 6.45) is 23.8. The summed E-state index contributed by atoms with van der Waals surface area (Å²) >= 11 is 0. The van der Waals surface area contributed by atoms with Crippen molar-refractivity contribution in [1.29, 1.82) is 0 Å².